The van der Waals surface area contributed by atoms with Crippen LogP contribution in [0.3, 0.4) is 0 Å². The highest BCUT2D eigenvalue weighted by molar-refractivity contribution is 7.80. The van der Waals surface area contributed by atoms with Crippen molar-refractivity contribution in [3.8, 4) is 5.88 Å². The number of nitrogens with one attached hydrogen (secondary N) is 2. The van der Waals surface area contributed by atoms with Gasteiger partial charge in [-0.2, -0.15) is 0 Å². The summed E-state index contributed by atoms with van der Waals surface area (Å²) >= 11 is 5.40. The number of nitrogens with zero attached hydrogens (tertiary/aromatic N) is 3. The maximum absolute atomic E-state index is 11.1. The summed E-state index contributed by atoms with van der Waals surface area (Å²) in [5.74, 6) is 1.51. The van der Waals surface area contributed by atoms with Crippen molar-refractivity contribution < 1.29 is 10.0 Å². The standard InChI is InChI=1S/C25H31N5OS/c1-16-12-17(2)14-29(13-16)15-30-22-11-6-5-9-20(22)23(24(30)31)27-28-25(32)26-21-10-7-8-18(3)19(21)4/h5-11,16-17,31H,12-15H2,1-4H3,(H,26,32)/p+1. The lowest BCUT2D eigenvalue weighted by molar-refractivity contribution is -0.934. The zero-order chi connectivity index (χ0) is 22.8. The van der Waals surface area contributed by atoms with Crippen molar-refractivity contribution in [3.63, 3.8) is 0 Å². The third-order valence-electron chi connectivity index (χ3n) is 6.47. The number of para-hydroxylation sites is 1. The van der Waals surface area contributed by atoms with Gasteiger partial charge in [0.15, 0.2) is 12.4 Å². The third-order valence-corrected chi connectivity index (χ3v) is 6.65. The molecule has 0 aliphatic carbocycles. The number of quaternary nitrogens is 1. The summed E-state index contributed by atoms with van der Waals surface area (Å²) < 4.78 is 1.96. The largest absolute Gasteiger partial charge is 0.493 e. The van der Waals surface area contributed by atoms with Gasteiger partial charge in [0.05, 0.1) is 18.6 Å². The number of azo groups is 1. The van der Waals surface area contributed by atoms with E-state index >= 15 is 0 Å². The zero-order valence-corrected chi connectivity index (χ0v) is 20.0. The fourth-order valence-corrected chi connectivity index (χ4v) is 5.08. The molecular formula is C25H32N5OS+. The lowest BCUT2D eigenvalue weighted by Gasteiger charge is -2.32. The van der Waals surface area contributed by atoms with Crippen LogP contribution in [0, 0.1) is 25.7 Å². The molecule has 0 bridgehead atoms. The molecule has 168 valence electrons. The van der Waals surface area contributed by atoms with Crippen molar-refractivity contribution in [2.75, 3.05) is 18.4 Å². The molecule has 0 amide bonds. The van der Waals surface area contributed by atoms with Crippen molar-refractivity contribution in [2.45, 2.75) is 40.8 Å². The zero-order valence-electron chi connectivity index (χ0n) is 19.2. The fraction of sp³-hybridized carbons (Fsp3) is 0.400. The first kappa shape index (κ1) is 22.4. The van der Waals surface area contributed by atoms with E-state index in [1.54, 1.807) is 0 Å². The summed E-state index contributed by atoms with van der Waals surface area (Å²) in [4.78, 5) is 1.47. The first-order valence-corrected chi connectivity index (χ1v) is 11.7. The van der Waals surface area contributed by atoms with Gasteiger partial charge in [-0.3, -0.25) is 4.57 Å². The first-order chi connectivity index (χ1) is 15.3. The summed E-state index contributed by atoms with van der Waals surface area (Å²) in [7, 11) is 0. The molecule has 0 saturated carbocycles. The molecule has 2 heterocycles. The average molecular weight is 451 g/mol. The van der Waals surface area contributed by atoms with Gasteiger partial charge in [0.1, 0.15) is 0 Å². The van der Waals surface area contributed by atoms with Crippen molar-refractivity contribution in [1.82, 2.24) is 4.57 Å². The molecule has 0 spiro atoms. The number of rotatable bonds is 4. The van der Waals surface area contributed by atoms with E-state index in [0.717, 1.165) is 35.2 Å². The molecule has 1 aliphatic rings. The van der Waals surface area contributed by atoms with Crippen molar-refractivity contribution in [3.05, 3.63) is 53.6 Å². The lowest BCUT2D eigenvalue weighted by Crippen LogP contribution is -3.13. The van der Waals surface area contributed by atoms with E-state index in [0.29, 0.717) is 24.2 Å². The molecule has 0 radical (unpaired) electrons. The molecule has 7 heteroatoms. The van der Waals surface area contributed by atoms with Gasteiger partial charge in [-0.25, -0.2) is 0 Å². The van der Waals surface area contributed by atoms with Crippen LogP contribution < -0.4 is 10.2 Å². The van der Waals surface area contributed by atoms with Crippen LogP contribution in [-0.2, 0) is 6.67 Å². The Hall–Kier alpha value is -2.77. The highest BCUT2D eigenvalue weighted by Crippen LogP contribution is 2.38. The maximum atomic E-state index is 11.1. The van der Waals surface area contributed by atoms with Crippen LogP contribution >= 0.6 is 12.2 Å². The van der Waals surface area contributed by atoms with Crippen molar-refractivity contribution in [2.24, 2.45) is 22.1 Å². The van der Waals surface area contributed by atoms with Gasteiger partial charge in [-0.15, -0.1) is 10.2 Å². The number of likely N-dealkylation sites (tertiary alicyclic amines) is 1. The van der Waals surface area contributed by atoms with E-state index in [-0.39, 0.29) is 11.0 Å². The molecular weight excluding hydrogens is 418 g/mol. The molecule has 4 rings (SSSR count). The number of aromatic hydroxyl groups is 1. The van der Waals surface area contributed by atoms with Gasteiger partial charge in [0.2, 0.25) is 11.0 Å². The Morgan fingerprint density at radius 3 is 2.59 bits per heavy atom. The van der Waals surface area contributed by atoms with Crippen LogP contribution in [0.4, 0.5) is 11.4 Å². The van der Waals surface area contributed by atoms with Crippen LogP contribution in [0.2, 0.25) is 0 Å². The summed E-state index contributed by atoms with van der Waals surface area (Å²) in [6.07, 6.45) is 1.27. The summed E-state index contributed by atoms with van der Waals surface area (Å²) in [5, 5.41) is 24.0. The minimum atomic E-state index is 0.142. The van der Waals surface area contributed by atoms with E-state index in [4.69, 9.17) is 12.2 Å². The highest BCUT2D eigenvalue weighted by atomic mass is 32.1. The number of aromatic nitrogens is 1. The Bertz CT molecular complexity index is 1160. The molecule has 2 unspecified atom stereocenters. The fourth-order valence-electron chi connectivity index (χ4n) is 4.93. The Morgan fingerprint density at radius 1 is 1.12 bits per heavy atom. The number of hydrogen-bond donors (Lipinski definition) is 3. The van der Waals surface area contributed by atoms with Crippen LogP contribution in [-0.4, -0.2) is 27.9 Å². The molecule has 2 aromatic carbocycles. The predicted molar refractivity (Wildman–Crippen MR) is 134 cm³/mol. The molecule has 3 N–H and O–H groups in total. The molecule has 1 aromatic heterocycles. The van der Waals surface area contributed by atoms with Gasteiger partial charge in [0.25, 0.3) is 0 Å². The molecule has 3 aromatic rings. The second-order valence-corrected chi connectivity index (χ2v) is 9.64. The smallest absolute Gasteiger partial charge is 0.225 e. The van der Waals surface area contributed by atoms with Crippen LogP contribution in [0.25, 0.3) is 10.9 Å². The number of aryl methyl sites for hydroxylation is 1. The van der Waals surface area contributed by atoms with E-state index in [9.17, 15) is 5.11 Å². The molecule has 1 fully saturated rings. The van der Waals surface area contributed by atoms with Gasteiger partial charge in [0, 0.05) is 22.9 Å². The number of fused-ring (bicyclic) bond motifs is 1. The normalized spacial score (nSPS) is 21.3. The van der Waals surface area contributed by atoms with E-state index < -0.39 is 0 Å². The average Bonchev–Trinajstić information content (AvgIpc) is 3.00. The van der Waals surface area contributed by atoms with Gasteiger partial charge < -0.3 is 15.3 Å². The summed E-state index contributed by atoms with van der Waals surface area (Å²) in [6, 6.07) is 13.9. The molecule has 1 aliphatic heterocycles. The van der Waals surface area contributed by atoms with E-state index in [2.05, 4.69) is 42.4 Å². The van der Waals surface area contributed by atoms with Crippen LogP contribution in [0.15, 0.2) is 52.7 Å². The van der Waals surface area contributed by atoms with Gasteiger partial charge in [-0.05, 0) is 55.7 Å². The number of anilines is 1. The Morgan fingerprint density at radius 2 is 1.84 bits per heavy atom. The Kier molecular flexibility index (Phi) is 6.58. The predicted octanol–water partition coefficient (Wildman–Crippen LogP) is 4.96. The maximum Gasteiger partial charge on any atom is 0.225 e. The number of piperidine rings is 1. The molecule has 1 saturated heterocycles. The number of benzene rings is 2. The number of hydrogen-bond acceptors (Lipinski definition) is 3. The minimum absolute atomic E-state index is 0.142. The molecule has 32 heavy (non-hydrogen) atoms. The van der Waals surface area contributed by atoms with Crippen LogP contribution in [0.1, 0.15) is 31.4 Å². The van der Waals surface area contributed by atoms with Crippen molar-refractivity contribution in [1.29, 1.82) is 0 Å². The van der Waals surface area contributed by atoms with E-state index in [1.165, 1.54) is 16.9 Å². The molecule has 2 atom stereocenters. The van der Waals surface area contributed by atoms with Gasteiger partial charge >= 0.3 is 0 Å². The highest BCUT2D eigenvalue weighted by Gasteiger charge is 2.27. The SMILES string of the molecule is Cc1cccc(NC(=S)N=Nc2c(O)n(C[NH+]3CC(C)CC(C)C3)c3ccccc23)c1C. The third kappa shape index (κ3) is 4.69. The minimum Gasteiger partial charge on any atom is -0.493 e. The van der Waals surface area contributed by atoms with Crippen molar-refractivity contribution >= 4 is 39.6 Å². The quantitative estimate of drug-likeness (QED) is 0.389. The first-order valence-electron chi connectivity index (χ1n) is 11.3. The Balaban J connectivity index is 1.59. The topological polar surface area (TPSA) is 66.4 Å². The van der Waals surface area contributed by atoms with Gasteiger partial charge in [-0.1, -0.05) is 44.2 Å². The van der Waals surface area contributed by atoms with E-state index in [1.807, 2.05) is 47.9 Å². The summed E-state index contributed by atoms with van der Waals surface area (Å²) in [6.45, 7) is 11.7. The number of thiocarbonyl (C=S) groups is 1. The van der Waals surface area contributed by atoms with Crippen LogP contribution in [0.5, 0.6) is 5.88 Å². The summed E-state index contributed by atoms with van der Waals surface area (Å²) in [5.41, 5.74) is 4.64. The lowest BCUT2D eigenvalue weighted by atomic mass is 9.92. The Labute approximate surface area is 195 Å². The second kappa shape index (κ2) is 9.38. The molecule has 6 nitrogen and oxygen atoms in total. The second-order valence-electron chi connectivity index (χ2n) is 9.26. The monoisotopic (exact) mass is 450 g/mol.